The van der Waals surface area contributed by atoms with E-state index in [1.807, 2.05) is 0 Å². The first-order chi connectivity index (χ1) is 37.2. The molecule has 1 aliphatic rings. The summed E-state index contributed by atoms with van der Waals surface area (Å²) in [5, 5.41) is 5.60. The van der Waals surface area contributed by atoms with Crippen LogP contribution in [0.15, 0.2) is 315 Å². The maximum Gasteiger partial charge on any atom is 0.180 e. The Labute approximate surface area is 441 Å². The van der Waals surface area contributed by atoms with Crippen molar-refractivity contribution in [2.45, 2.75) is 0 Å². The van der Waals surface area contributed by atoms with Crippen LogP contribution in [0.25, 0.3) is 55.6 Å². The topological polar surface area (TPSA) is 6.48 Å². The first-order valence-electron chi connectivity index (χ1n) is 25.8. The van der Waals surface area contributed by atoms with Crippen LogP contribution in [0, 0.1) is 0 Å². The van der Waals surface area contributed by atoms with E-state index in [1.165, 1.54) is 76.4 Å². The molecule has 0 N–H and O–H groups in total. The van der Waals surface area contributed by atoms with Crippen molar-refractivity contribution in [1.82, 2.24) is 0 Å². The second-order valence-corrected chi connectivity index (χ2v) is 23.0. The van der Waals surface area contributed by atoms with Gasteiger partial charge in [-0.25, -0.2) is 0 Å². The van der Waals surface area contributed by atoms with Crippen molar-refractivity contribution in [2.75, 3.05) is 9.80 Å². The van der Waals surface area contributed by atoms with Gasteiger partial charge in [0, 0.05) is 34.1 Å². The lowest BCUT2D eigenvalue weighted by Gasteiger charge is -2.31. The molecule has 0 amide bonds. The Morgan fingerprint density at radius 2 is 0.520 bits per heavy atom. The fourth-order valence-corrected chi connectivity index (χ4v) is 16.7. The van der Waals surface area contributed by atoms with Gasteiger partial charge in [0.2, 0.25) is 0 Å². The number of nitrogens with zero attached hydrogens (tertiary/aromatic N) is 2. The van der Waals surface area contributed by atoms with Crippen molar-refractivity contribution >= 4 is 62.9 Å². The third kappa shape index (κ3) is 8.36. The van der Waals surface area contributed by atoms with E-state index in [1.54, 1.807) is 0 Å². The Kier molecular flexibility index (Phi) is 12.0. The predicted octanol–water partition coefficient (Wildman–Crippen LogP) is 16.7. The van der Waals surface area contributed by atoms with Gasteiger partial charge in [0.15, 0.2) is 8.07 Å². The van der Waals surface area contributed by atoms with E-state index in [9.17, 15) is 0 Å². The number of rotatable bonds is 12. The van der Waals surface area contributed by atoms with Gasteiger partial charge in [-0.2, -0.15) is 0 Å². The van der Waals surface area contributed by atoms with Gasteiger partial charge >= 0.3 is 0 Å². The van der Waals surface area contributed by atoms with E-state index in [0.717, 1.165) is 34.1 Å². The van der Waals surface area contributed by atoms with Gasteiger partial charge in [-0.15, -0.1) is 0 Å². The standard InChI is InChI=1S/C72H52N2Si/c1-7-20-53(21-8-1)55-34-43-62(44-35-55)73(60-24-11-3-12-25-60)64-47-38-57(39-48-64)59-42-51-69-71(52-59)75(66-28-15-5-16-29-66,67-30-17-6-18-31-67)70-33-19-32-68(72(69)70)58-40-49-65(50-41-58)74(61-26-13-4-14-27-61)63-45-36-56(37-46-63)54-22-9-2-10-23-54/h1-52H. The highest BCUT2D eigenvalue weighted by Crippen LogP contribution is 2.42. The highest BCUT2D eigenvalue weighted by molar-refractivity contribution is 7.22. The molecule has 13 rings (SSSR count). The minimum Gasteiger partial charge on any atom is -0.311 e. The van der Waals surface area contributed by atoms with Crippen LogP contribution in [0.4, 0.5) is 34.1 Å². The Bertz CT molecular complexity index is 3830. The summed E-state index contributed by atoms with van der Waals surface area (Å²) in [7, 11) is -2.86. The fourth-order valence-electron chi connectivity index (χ4n) is 11.5. The lowest BCUT2D eigenvalue weighted by molar-refractivity contribution is 1.28. The fraction of sp³-hybridized carbons (Fsp3) is 0. The van der Waals surface area contributed by atoms with Crippen molar-refractivity contribution < 1.29 is 0 Å². The SMILES string of the molecule is c1ccc(-c2ccc(N(c3ccccc3)c3ccc(-c4ccc5c(c4)[Si](c4ccccc4)(c4ccccc4)c4cccc(-c6ccc(N(c7ccccc7)c7ccc(-c8ccccc8)cc7)cc6)c4-5)cc3)cc2)cc1. The van der Waals surface area contributed by atoms with Gasteiger partial charge in [0.25, 0.3) is 0 Å². The molecule has 1 heterocycles. The Balaban J connectivity index is 0.909. The van der Waals surface area contributed by atoms with Crippen LogP contribution in [-0.2, 0) is 0 Å². The third-order valence-electron chi connectivity index (χ3n) is 15.0. The van der Waals surface area contributed by atoms with Crippen LogP contribution >= 0.6 is 0 Å². The maximum absolute atomic E-state index is 2.86. The molecule has 0 aromatic heterocycles. The number of para-hydroxylation sites is 2. The van der Waals surface area contributed by atoms with E-state index in [4.69, 9.17) is 0 Å². The van der Waals surface area contributed by atoms with Crippen LogP contribution in [0.1, 0.15) is 0 Å². The van der Waals surface area contributed by atoms with Gasteiger partial charge in [0.05, 0.1) is 0 Å². The number of hydrogen-bond donors (Lipinski definition) is 0. The van der Waals surface area contributed by atoms with Gasteiger partial charge in [0.1, 0.15) is 0 Å². The normalized spacial score (nSPS) is 12.1. The van der Waals surface area contributed by atoms with Crippen LogP contribution < -0.4 is 30.5 Å². The zero-order valence-corrected chi connectivity index (χ0v) is 42.4. The molecular formula is C72H52N2Si. The number of anilines is 6. The van der Waals surface area contributed by atoms with Gasteiger partial charge in [-0.05, 0) is 149 Å². The second kappa shape index (κ2) is 19.8. The number of benzene rings is 12. The minimum absolute atomic E-state index is 1.10. The summed E-state index contributed by atoms with van der Waals surface area (Å²) in [5.74, 6) is 0. The van der Waals surface area contributed by atoms with Gasteiger partial charge in [-0.3, -0.25) is 0 Å². The molecule has 354 valence electrons. The number of fused-ring (bicyclic) bond motifs is 3. The molecule has 0 unspecified atom stereocenters. The summed E-state index contributed by atoms with van der Waals surface area (Å²) in [6.07, 6.45) is 0. The molecule has 12 aromatic carbocycles. The summed E-state index contributed by atoms with van der Waals surface area (Å²) in [4.78, 5) is 4.69. The van der Waals surface area contributed by atoms with Crippen molar-refractivity contribution in [1.29, 1.82) is 0 Å². The lowest BCUT2D eigenvalue weighted by atomic mass is 9.93. The molecule has 2 nitrogen and oxygen atoms in total. The summed E-state index contributed by atoms with van der Waals surface area (Å²) < 4.78 is 0. The molecule has 0 atom stereocenters. The lowest BCUT2D eigenvalue weighted by Crippen LogP contribution is -2.72. The summed E-state index contributed by atoms with van der Waals surface area (Å²) in [6, 6.07) is 116. The van der Waals surface area contributed by atoms with Crippen LogP contribution in [0.3, 0.4) is 0 Å². The van der Waals surface area contributed by atoms with Crippen molar-refractivity contribution in [2.24, 2.45) is 0 Å². The minimum atomic E-state index is -2.86. The monoisotopic (exact) mass is 972 g/mol. The van der Waals surface area contributed by atoms with E-state index >= 15 is 0 Å². The van der Waals surface area contributed by atoms with E-state index < -0.39 is 8.07 Å². The predicted molar refractivity (Wildman–Crippen MR) is 320 cm³/mol. The average molecular weight is 973 g/mol. The highest BCUT2D eigenvalue weighted by atomic mass is 28.3. The van der Waals surface area contributed by atoms with Gasteiger partial charge in [-0.1, -0.05) is 243 Å². The molecule has 0 radical (unpaired) electrons. The zero-order valence-electron chi connectivity index (χ0n) is 41.4. The first kappa shape index (κ1) is 45.3. The Morgan fingerprint density at radius 3 is 0.933 bits per heavy atom. The molecule has 0 spiro atoms. The van der Waals surface area contributed by atoms with E-state index in [0.29, 0.717) is 0 Å². The third-order valence-corrected chi connectivity index (χ3v) is 19.8. The first-order valence-corrected chi connectivity index (χ1v) is 27.8. The molecule has 0 saturated carbocycles. The van der Waals surface area contributed by atoms with Crippen molar-refractivity contribution in [3.63, 3.8) is 0 Å². The zero-order chi connectivity index (χ0) is 50.0. The van der Waals surface area contributed by atoms with Gasteiger partial charge < -0.3 is 9.80 Å². The quantitative estimate of drug-likeness (QED) is 0.113. The molecule has 0 fully saturated rings. The average Bonchev–Trinajstić information content (AvgIpc) is 3.80. The van der Waals surface area contributed by atoms with E-state index in [-0.39, 0.29) is 0 Å². The summed E-state index contributed by atoms with van der Waals surface area (Å²) in [5.41, 5.74) is 18.9. The van der Waals surface area contributed by atoms with Crippen molar-refractivity contribution in [3.05, 3.63) is 315 Å². The van der Waals surface area contributed by atoms with E-state index in [2.05, 4.69) is 325 Å². The molecule has 3 heteroatoms. The Morgan fingerprint density at radius 1 is 0.200 bits per heavy atom. The van der Waals surface area contributed by atoms with Crippen LogP contribution in [-0.4, -0.2) is 8.07 Å². The van der Waals surface area contributed by atoms with Crippen molar-refractivity contribution in [3.8, 4) is 55.6 Å². The molecule has 12 aromatic rings. The largest absolute Gasteiger partial charge is 0.311 e. The molecule has 1 aliphatic heterocycles. The second-order valence-electron chi connectivity index (χ2n) is 19.2. The molecule has 0 saturated heterocycles. The maximum atomic E-state index is 2.53. The smallest absolute Gasteiger partial charge is 0.180 e. The molecule has 75 heavy (non-hydrogen) atoms. The van der Waals surface area contributed by atoms with Crippen LogP contribution in [0.5, 0.6) is 0 Å². The number of hydrogen-bond acceptors (Lipinski definition) is 2. The highest BCUT2D eigenvalue weighted by Gasteiger charge is 2.49. The molecular weight excluding hydrogens is 921 g/mol. The van der Waals surface area contributed by atoms with Crippen LogP contribution in [0.2, 0.25) is 0 Å². The Hall–Kier alpha value is -9.54. The molecule has 0 bridgehead atoms. The summed E-state index contributed by atoms with van der Waals surface area (Å²) in [6.45, 7) is 0. The summed E-state index contributed by atoms with van der Waals surface area (Å²) >= 11 is 0. The molecule has 0 aliphatic carbocycles.